The third-order valence-electron chi connectivity index (χ3n) is 4.64. The van der Waals surface area contributed by atoms with Crippen molar-refractivity contribution in [1.82, 2.24) is 5.32 Å². The summed E-state index contributed by atoms with van der Waals surface area (Å²) in [4.78, 5) is 0. The fraction of sp³-hybridized carbons (Fsp3) is 0.933. The summed E-state index contributed by atoms with van der Waals surface area (Å²) in [5, 5.41) is 13.3. The molecule has 0 bridgehead atoms. The second kappa shape index (κ2) is 6.04. The lowest BCUT2D eigenvalue weighted by Gasteiger charge is -2.42. The molecule has 2 aliphatic rings. The van der Waals surface area contributed by atoms with Crippen molar-refractivity contribution in [2.45, 2.75) is 64.0 Å². The van der Waals surface area contributed by atoms with Crippen molar-refractivity contribution in [1.29, 1.82) is 5.26 Å². The molecule has 3 nitrogen and oxygen atoms in total. The van der Waals surface area contributed by atoms with Gasteiger partial charge in [-0.05, 0) is 37.5 Å². The number of nitrogens with one attached hydrogen (secondary N) is 1. The van der Waals surface area contributed by atoms with Crippen LogP contribution in [0.2, 0.25) is 0 Å². The predicted octanol–water partition coefficient (Wildman–Crippen LogP) is 2.86. The Kier molecular flexibility index (Phi) is 4.64. The molecule has 1 heterocycles. The Morgan fingerprint density at radius 2 is 2.17 bits per heavy atom. The monoisotopic (exact) mass is 250 g/mol. The largest absolute Gasteiger partial charge is 0.377 e. The summed E-state index contributed by atoms with van der Waals surface area (Å²) in [6.07, 6.45) is 7.26. The van der Waals surface area contributed by atoms with Crippen LogP contribution in [0, 0.1) is 23.2 Å². The second-order valence-corrected chi connectivity index (χ2v) is 6.20. The summed E-state index contributed by atoms with van der Waals surface area (Å²) < 4.78 is 5.66. The molecule has 3 heteroatoms. The van der Waals surface area contributed by atoms with Gasteiger partial charge in [-0.15, -0.1) is 0 Å². The van der Waals surface area contributed by atoms with Gasteiger partial charge in [0.15, 0.2) is 0 Å². The predicted molar refractivity (Wildman–Crippen MR) is 72.1 cm³/mol. The highest BCUT2D eigenvalue weighted by molar-refractivity contribution is 5.13. The molecular formula is C15H26N2O. The molecule has 3 atom stereocenters. The molecule has 0 aromatic heterocycles. The third-order valence-corrected chi connectivity index (χ3v) is 4.64. The zero-order valence-electron chi connectivity index (χ0n) is 11.7. The first-order chi connectivity index (χ1) is 8.68. The number of hydrogen-bond acceptors (Lipinski definition) is 3. The van der Waals surface area contributed by atoms with Crippen LogP contribution in [-0.4, -0.2) is 24.8 Å². The molecule has 3 unspecified atom stereocenters. The van der Waals surface area contributed by atoms with Crippen molar-refractivity contribution in [2.75, 3.05) is 13.2 Å². The Hall–Kier alpha value is -0.590. The van der Waals surface area contributed by atoms with Crippen molar-refractivity contribution >= 4 is 0 Å². The third kappa shape index (κ3) is 2.87. The van der Waals surface area contributed by atoms with Gasteiger partial charge in [-0.25, -0.2) is 0 Å². The summed E-state index contributed by atoms with van der Waals surface area (Å²) in [6, 6.07) is 2.61. The molecule has 2 fully saturated rings. The molecule has 2 rings (SSSR count). The van der Waals surface area contributed by atoms with E-state index >= 15 is 0 Å². The van der Waals surface area contributed by atoms with E-state index in [0.717, 1.165) is 26.0 Å². The van der Waals surface area contributed by atoms with Gasteiger partial charge in [0.2, 0.25) is 0 Å². The van der Waals surface area contributed by atoms with Crippen LogP contribution >= 0.6 is 0 Å². The minimum Gasteiger partial charge on any atom is -0.377 e. The average Bonchev–Trinajstić information content (AvgIpc) is 2.89. The summed E-state index contributed by atoms with van der Waals surface area (Å²) >= 11 is 0. The fourth-order valence-electron chi connectivity index (χ4n) is 3.60. The highest BCUT2D eigenvalue weighted by Gasteiger charge is 2.42. The molecule has 0 amide bonds. The maximum Gasteiger partial charge on any atom is 0.109 e. The van der Waals surface area contributed by atoms with E-state index < -0.39 is 0 Å². The van der Waals surface area contributed by atoms with Crippen LogP contribution in [0.5, 0.6) is 0 Å². The molecule has 1 saturated carbocycles. The smallest absolute Gasteiger partial charge is 0.109 e. The maximum atomic E-state index is 9.68. The Morgan fingerprint density at radius 1 is 1.33 bits per heavy atom. The molecule has 0 radical (unpaired) electrons. The Morgan fingerprint density at radius 3 is 2.78 bits per heavy atom. The molecular weight excluding hydrogens is 224 g/mol. The molecule has 1 saturated heterocycles. The Labute approximate surface area is 111 Å². The standard InChI is InChI=1S/C15H26N2O/c1-12(2)14-7-3-4-8-15(14,11-16)17-10-13-6-5-9-18-13/h12-14,17H,3-10H2,1-2H3. The average molecular weight is 250 g/mol. The van der Waals surface area contributed by atoms with Gasteiger partial charge in [0.1, 0.15) is 5.54 Å². The lowest BCUT2D eigenvalue weighted by atomic mass is 9.68. The second-order valence-electron chi connectivity index (χ2n) is 6.20. The zero-order valence-corrected chi connectivity index (χ0v) is 11.7. The summed E-state index contributed by atoms with van der Waals surface area (Å²) in [5.41, 5.74) is -0.307. The van der Waals surface area contributed by atoms with E-state index in [0.29, 0.717) is 17.9 Å². The van der Waals surface area contributed by atoms with Gasteiger partial charge in [-0.3, -0.25) is 5.32 Å². The first-order valence-electron chi connectivity index (χ1n) is 7.46. The molecule has 0 aromatic carbocycles. The summed E-state index contributed by atoms with van der Waals surface area (Å²) in [6.45, 7) is 6.22. The van der Waals surface area contributed by atoms with Gasteiger partial charge < -0.3 is 4.74 Å². The van der Waals surface area contributed by atoms with E-state index in [2.05, 4.69) is 25.2 Å². The number of nitrogens with zero attached hydrogens (tertiary/aromatic N) is 1. The summed E-state index contributed by atoms with van der Waals surface area (Å²) in [7, 11) is 0. The van der Waals surface area contributed by atoms with Crippen molar-refractivity contribution in [3.05, 3.63) is 0 Å². The first-order valence-corrected chi connectivity index (χ1v) is 7.46. The minimum absolute atomic E-state index is 0.307. The Balaban J connectivity index is 2.00. The van der Waals surface area contributed by atoms with Gasteiger partial charge in [0.05, 0.1) is 12.2 Å². The number of rotatable bonds is 4. The van der Waals surface area contributed by atoms with Crippen LogP contribution in [-0.2, 0) is 4.74 Å². The van der Waals surface area contributed by atoms with Crippen molar-refractivity contribution in [3.63, 3.8) is 0 Å². The van der Waals surface area contributed by atoms with Crippen molar-refractivity contribution in [2.24, 2.45) is 11.8 Å². The van der Waals surface area contributed by atoms with Gasteiger partial charge in [0.25, 0.3) is 0 Å². The number of nitriles is 1. The van der Waals surface area contributed by atoms with E-state index in [4.69, 9.17) is 4.74 Å². The van der Waals surface area contributed by atoms with Gasteiger partial charge in [-0.2, -0.15) is 5.26 Å². The molecule has 1 aliphatic carbocycles. The summed E-state index contributed by atoms with van der Waals surface area (Å²) in [5.74, 6) is 1.06. The first kappa shape index (κ1) is 13.8. The van der Waals surface area contributed by atoms with Gasteiger partial charge >= 0.3 is 0 Å². The molecule has 18 heavy (non-hydrogen) atoms. The van der Waals surface area contributed by atoms with E-state index in [9.17, 15) is 5.26 Å². The minimum atomic E-state index is -0.307. The van der Waals surface area contributed by atoms with E-state index in [-0.39, 0.29) is 5.54 Å². The van der Waals surface area contributed by atoms with Crippen LogP contribution in [0.3, 0.4) is 0 Å². The highest BCUT2D eigenvalue weighted by atomic mass is 16.5. The normalized spacial score (nSPS) is 36.8. The fourth-order valence-corrected chi connectivity index (χ4v) is 3.60. The maximum absolute atomic E-state index is 9.68. The number of hydrogen-bond donors (Lipinski definition) is 1. The van der Waals surface area contributed by atoms with Crippen molar-refractivity contribution < 1.29 is 4.74 Å². The topological polar surface area (TPSA) is 45.0 Å². The van der Waals surface area contributed by atoms with Gasteiger partial charge in [0, 0.05) is 13.2 Å². The molecule has 102 valence electrons. The van der Waals surface area contributed by atoms with E-state index in [1.165, 1.54) is 25.7 Å². The molecule has 0 aromatic rings. The van der Waals surface area contributed by atoms with Crippen LogP contribution in [0.15, 0.2) is 0 Å². The van der Waals surface area contributed by atoms with Gasteiger partial charge in [-0.1, -0.05) is 26.7 Å². The molecule has 0 spiro atoms. The zero-order chi connectivity index (χ0) is 13.0. The quantitative estimate of drug-likeness (QED) is 0.834. The van der Waals surface area contributed by atoms with Crippen LogP contribution < -0.4 is 5.32 Å². The van der Waals surface area contributed by atoms with Crippen LogP contribution in [0.4, 0.5) is 0 Å². The Bertz CT molecular complexity index is 304. The lowest BCUT2D eigenvalue weighted by molar-refractivity contribution is 0.0846. The number of ether oxygens (including phenoxy) is 1. The van der Waals surface area contributed by atoms with E-state index in [1.54, 1.807) is 0 Å². The van der Waals surface area contributed by atoms with Crippen LogP contribution in [0.25, 0.3) is 0 Å². The van der Waals surface area contributed by atoms with Crippen LogP contribution in [0.1, 0.15) is 52.4 Å². The van der Waals surface area contributed by atoms with Crippen molar-refractivity contribution in [3.8, 4) is 6.07 Å². The SMILES string of the molecule is CC(C)C1CCCCC1(C#N)NCC1CCCO1. The lowest BCUT2D eigenvalue weighted by Crippen LogP contribution is -2.55. The molecule has 1 aliphatic heterocycles. The van der Waals surface area contributed by atoms with E-state index in [1.807, 2.05) is 0 Å². The highest BCUT2D eigenvalue weighted by Crippen LogP contribution is 2.38. The molecule has 1 N–H and O–H groups in total.